The maximum absolute atomic E-state index is 12.9. The highest BCUT2D eigenvalue weighted by molar-refractivity contribution is 8.22. The lowest BCUT2D eigenvalue weighted by Gasteiger charge is -2.38. The minimum absolute atomic E-state index is 0.839. The molecule has 0 spiro atoms. The summed E-state index contributed by atoms with van der Waals surface area (Å²) in [5.41, 5.74) is 0. The average molecular weight is 235 g/mol. The van der Waals surface area contributed by atoms with Crippen LogP contribution in [0.5, 0.6) is 0 Å². The SMILES string of the molecule is [CH2]CCP(=O)([Si](C)(C)C)[Si](C)(C)C. The molecule has 0 heterocycles. The van der Waals surface area contributed by atoms with Gasteiger partial charge in [-0.1, -0.05) is 46.2 Å². The van der Waals surface area contributed by atoms with Crippen LogP contribution in [0.25, 0.3) is 0 Å². The van der Waals surface area contributed by atoms with Crippen molar-refractivity contribution in [2.75, 3.05) is 6.16 Å². The van der Waals surface area contributed by atoms with Crippen molar-refractivity contribution in [3.05, 3.63) is 6.92 Å². The topological polar surface area (TPSA) is 17.1 Å². The molecule has 1 radical (unpaired) electrons. The van der Waals surface area contributed by atoms with E-state index in [-0.39, 0.29) is 0 Å². The summed E-state index contributed by atoms with van der Waals surface area (Å²) in [6.45, 7) is 17.4. The summed E-state index contributed by atoms with van der Waals surface area (Å²) in [4.78, 5) is 0. The van der Waals surface area contributed by atoms with Gasteiger partial charge in [0.1, 0.15) is 15.5 Å². The first-order valence-corrected chi connectivity index (χ1v) is 15.5. The first-order chi connectivity index (χ1) is 5.56. The second kappa shape index (κ2) is 4.03. The third-order valence-electron chi connectivity index (χ3n) is 2.64. The van der Waals surface area contributed by atoms with Crippen LogP contribution in [0.3, 0.4) is 0 Å². The van der Waals surface area contributed by atoms with Gasteiger partial charge in [0.25, 0.3) is 0 Å². The lowest BCUT2D eigenvalue weighted by molar-refractivity contribution is 0.589. The standard InChI is InChI=1S/C9H24OPSi2/c1-8-9-11(10,12(2,3)4)13(5,6)7/h1,8-9H2,2-7H3. The van der Waals surface area contributed by atoms with E-state index in [1.807, 2.05) is 0 Å². The maximum Gasteiger partial charge on any atom is 0.113 e. The second-order valence-electron chi connectivity index (χ2n) is 5.66. The van der Waals surface area contributed by atoms with Crippen molar-refractivity contribution >= 4 is 21.7 Å². The smallest absolute Gasteiger partial charge is 0.113 e. The van der Waals surface area contributed by atoms with Gasteiger partial charge in [-0.25, -0.2) is 0 Å². The first-order valence-electron chi connectivity index (χ1n) is 4.95. The van der Waals surface area contributed by atoms with Gasteiger partial charge >= 0.3 is 0 Å². The van der Waals surface area contributed by atoms with Crippen molar-refractivity contribution in [2.24, 2.45) is 0 Å². The molecule has 0 aromatic rings. The van der Waals surface area contributed by atoms with Crippen LogP contribution in [-0.4, -0.2) is 21.6 Å². The Kier molecular flexibility index (Phi) is 4.24. The highest BCUT2D eigenvalue weighted by atomic mass is 31.6. The number of rotatable bonds is 4. The Morgan fingerprint density at radius 1 is 1.00 bits per heavy atom. The highest BCUT2D eigenvalue weighted by Crippen LogP contribution is 2.62. The molecule has 0 fully saturated rings. The summed E-state index contributed by atoms with van der Waals surface area (Å²) in [7, 11) is -2.98. The van der Waals surface area contributed by atoms with E-state index in [0.717, 1.165) is 12.6 Å². The Morgan fingerprint density at radius 2 is 1.31 bits per heavy atom. The zero-order chi connectivity index (χ0) is 10.9. The Hall–Kier alpha value is 0.664. The summed E-state index contributed by atoms with van der Waals surface area (Å²) in [6.07, 6.45) is -0.145. The second-order valence-corrected chi connectivity index (χ2v) is 30.0. The summed E-state index contributed by atoms with van der Waals surface area (Å²) in [6, 6.07) is 0. The lowest BCUT2D eigenvalue weighted by atomic mass is 10.6. The first kappa shape index (κ1) is 13.7. The van der Waals surface area contributed by atoms with Gasteiger partial charge in [0, 0.05) is 0 Å². The number of hydrogen-bond acceptors (Lipinski definition) is 1. The van der Waals surface area contributed by atoms with Crippen LogP contribution in [0.2, 0.25) is 39.3 Å². The molecule has 0 atom stereocenters. The molecule has 0 aliphatic heterocycles. The fourth-order valence-electron chi connectivity index (χ4n) is 1.90. The molecule has 0 saturated carbocycles. The molecule has 0 saturated heterocycles. The van der Waals surface area contributed by atoms with Gasteiger partial charge in [0.2, 0.25) is 0 Å². The molecule has 13 heavy (non-hydrogen) atoms. The quantitative estimate of drug-likeness (QED) is 0.526. The molecule has 0 aromatic heterocycles. The molecule has 79 valence electrons. The molecule has 0 aliphatic carbocycles. The largest absolute Gasteiger partial charge is 0.334 e. The Labute approximate surface area is 85.4 Å². The van der Waals surface area contributed by atoms with Crippen LogP contribution in [-0.2, 0) is 4.57 Å². The van der Waals surface area contributed by atoms with Crippen LogP contribution in [0, 0.1) is 6.92 Å². The molecule has 0 N–H and O–H groups in total. The fourth-order valence-corrected chi connectivity index (χ4v) is 34.8. The lowest BCUT2D eigenvalue weighted by Crippen LogP contribution is -2.37. The van der Waals surface area contributed by atoms with Crippen LogP contribution in [0.4, 0.5) is 0 Å². The Bertz CT molecular complexity index is 195. The molecule has 0 bridgehead atoms. The van der Waals surface area contributed by atoms with Gasteiger partial charge < -0.3 is 4.57 Å². The monoisotopic (exact) mass is 235 g/mol. The van der Waals surface area contributed by atoms with Gasteiger partial charge in [-0.05, 0) is 12.6 Å². The van der Waals surface area contributed by atoms with Crippen molar-refractivity contribution in [1.29, 1.82) is 0 Å². The minimum Gasteiger partial charge on any atom is -0.334 e. The predicted molar refractivity (Wildman–Crippen MR) is 69.1 cm³/mol. The summed E-state index contributed by atoms with van der Waals surface area (Å²) in [5, 5.41) is 0. The van der Waals surface area contributed by atoms with Crippen LogP contribution in [0.15, 0.2) is 0 Å². The molecule has 0 amide bonds. The predicted octanol–water partition coefficient (Wildman–Crippen LogP) is 4.24. The highest BCUT2D eigenvalue weighted by Gasteiger charge is 2.47. The molecule has 0 rings (SSSR count). The van der Waals surface area contributed by atoms with Crippen LogP contribution >= 0.6 is 6.24 Å². The van der Waals surface area contributed by atoms with Crippen molar-refractivity contribution < 1.29 is 4.57 Å². The van der Waals surface area contributed by atoms with Gasteiger partial charge in [-0.15, -0.1) is 0 Å². The molecule has 0 aromatic carbocycles. The van der Waals surface area contributed by atoms with E-state index in [9.17, 15) is 4.57 Å². The Balaban J connectivity index is 5.10. The van der Waals surface area contributed by atoms with E-state index in [2.05, 4.69) is 46.2 Å². The van der Waals surface area contributed by atoms with Crippen LogP contribution in [0.1, 0.15) is 6.42 Å². The molecule has 0 aliphatic rings. The third kappa shape index (κ3) is 2.80. The van der Waals surface area contributed by atoms with Crippen molar-refractivity contribution in [1.82, 2.24) is 0 Å². The van der Waals surface area contributed by atoms with E-state index in [1.165, 1.54) is 0 Å². The molecule has 4 heteroatoms. The van der Waals surface area contributed by atoms with Crippen molar-refractivity contribution in [3.8, 4) is 0 Å². The summed E-state index contributed by atoms with van der Waals surface area (Å²) in [5.74, 6) is 0. The third-order valence-corrected chi connectivity index (χ3v) is 34.3. The van der Waals surface area contributed by atoms with E-state index in [1.54, 1.807) is 0 Å². The normalized spacial score (nSPS) is 14.7. The Morgan fingerprint density at radius 3 is 1.38 bits per heavy atom. The number of hydrogen-bond donors (Lipinski definition) is 0. The van der Waals surface area contributed by atoms with Crippen molar-refractivity contribution in [2.45, 2.75) is 45.7 Å². The van der Waals surface area contributed by atoms with E-state index in [4.69, 9.17) is 0 Å². The summed E-state index contributed by atoms with van der Waals surface area (Å²) < 4.78 is 12.9. The zero-order valence-corrected chi connectivity index (χ0v) is 12.9. The van der Waals surface area contributed by atoms with Gasteiger partial charge in [-0.2, -0.15) is 0 Å². The molecule has 1 nitrogen and oxygen atoms in total. The van der Waals surface area contributed by atoms with Gasteiger partial charge in [0.15, 0.2) is 0 Å². The fraction of sp³-hybridized carbons (Fsp3) is 0.889. The van der Waals surface area contributed by atoms with E-state index < -0.39 is 21.7 Å². The average Bonchev–Trinajstić information content (AvgIpc) is 1.82. The molecule has 0 unspecified atom stereocenters. The van der Waals surface area contributed by atoms with Crippen molar-refractivity contribution in [3.63, 3.8) is 0 Å². The zero-order valence-electron chi connectivity index (χ0n) is 9.98. The molecular weight excluding hydrogens is 211 g/mol. The van der Waals surface area contributed by atoms with E-state index in [0.29, 0.717) is 0 Å². The van der Waals surface area contributed by atoms with E-state index >= 15 is 0 Å². The van der Waals surface area contributed by atoms with Gasteiger partial charge in [-0.3, -0.25) is 0 Å². The minimum atomic E-state index is -1.87. The van der Waals surface area contributed by atoms with Gasteiger partial charge in [0.05, 0.1) is 6.24 Å². The molecular formula is C9H24OPSi2. The summed E-state index contributed by atoms with van der Waals surface area (Å²) >= 11 is 0. The van der Waals surface area contributed by atoms with Crippen LogP contribution < -0.4 is 0 Å². The maximum atomic E-state index is 12.9.